The molecule has 3 rings (SSSR count). The van der Waals surface area contributed by atoms with Gasteiger partial charge in [-0.25, -0.2) is 10.2 Å². The van der Waals surface area contributed by atoms with Crippen LogP contribution in [0.25, 0.3) is 0 Å². The van der Waals surface area contributed by atoms with Gasteiger partial charge in [0.25, 0.3) is 17.7 Å². The lowest BCUT2D eigenvalue weighted by molar-refractivity contribution is -0.155. The molecule has 2 atom stereocenters. The Balaban J connectivity index is 1.96. The van der Waals surface area contributed by atoms with Crippen LogP contribution >= 0.6 is 23.2 Å². The number of hydrogen-bond acceptors (Lipinski definition) is 10. The van der Waals surface area contributed by atoms with Gasteiger partial charge in [-0.2, -0.15) is 5.10 Å². The van der Waals surface area contributed by atoms with E-state index in [4.69, 9.17) is 33.7 Å². The summed E-state index contributed by atoms with van der Waals surface area (Å²) in [6.07, 6.45) is 0.635. The number of aliphatic hydroxyl groups excluding tert-OH is 1. The van der Waals surface area contributed by atoms with E-state index >= 15 is 0 Å². The lowest BCUT2D eigenvalue weighted by atomic mass is 10.1. The summed E-state index contributed by atoms with van der Waals surface area (Å²) in [6, 6.07) is 4.70. The molecule has 252 valence electrons. The quantitative estimate of drug-likeness (QED) is 0.118. The number of phenolic OH excluding ortho intramolecular Hbond substituents is 1. The number of amides is 6. The largest absolute Gasteiger partial charge is 0.505 e. The summed E-state index contributed by atoms with van der Waals surface area (Å²) in [5.41, 5.74) is 6.27. The van der Waals surface area contributed by atoms with Crippen LogP contribution in [-0.2, 0) is 23.9 Å². The second-order valence-electron chi connectivity index (χ2n) is 11.1. The first kappa shape index (κ1) is 36.5. The van der Waals surface area contributed by atoms with Gasteiger partial charge in [0.15, 0.2) is 5.75 Å². The van der Waals surface area contributed by atoms with Crippen molar-refractivity contribution in [3.8, 4) is 5.75 Å². The van der Waals surface area contributed by atoms with Gasteiger partial charge < -0.3 is 36.2 Å². The summed E-state index contributed by atoms with van der Waals surface area (Å²) in [6.45, 7) is 2.89. The number of hydrazone groups is 1. The minimum absolute atomic E-state index is 0.0923. The van der Waals surface area contributed by atoms with Gasteiger partial charge in [0.1, 0.15) is 24.8 Å². The number of phenols is 1. The number of aromatic hydroxyl groups is 1. The summed E-state index contributed by atoms with van der Waals surface area (Å²) in [4.78, 5) is 79.1. The molecule has 47 heavy (non-hydrogen) atoms. The van der Waals surface area contributed by atoms with Crippen molar-refractivity contribution in [2.45, 2.75) is 44.9 Å². The molecule has 2 aromatic carbocycles. The van der Waals surface area contributed by atoms with Crippen molar-refractivity contribution in [1.82, 2.24) is 16.1 Å². The summed E-state index contributed by atoms with van der Waals surface area (Å²) >= 11 is 11.9. The number of rotatable bonds is 10. The molecule has 0 unspecified atom stereocenters. The molecule has 6 amide bonds. The Kier molecular flexibility index (Phi) is 12.1. The first-order valence-corrected chi connectivity index (χ1v) is 14.7. The highest BCUT2D eigenvalue weighted by Crippen LogP contribution is 2.34. The van der Waals surface area contributed by atoms with Gasteiger partial charge in [-0.3, -0.25) is 28.9 Å². The fraction of sp³-hybridized carbons (Fsp3) is 0.345. The molecule has 0 radical (unpaired) electrons. The van der Waals surface area contributed by atoms with Gasteiger partial charge in [-0.05, 0) is 45.0 Å². The number of nitrogens with two attached hydrogens (primary N) is 1. The molecule has 0 fully saturated rings. The zero-order chi connectivity index (χ0) is 35.1. The van der Waals surface area contributed by atoms with Crippen LogP contribution in [0.3, 0.4) is 0 Å². The molecular formula is C29H33Cl2N7O9. The average Bonchev–Trinajstić information content (AvgIpc) is 3.08. The predicted octanol–water partition coefficient (Wildman–Crippen LogP) is 1.04. The molecule has 1 heterocycles. The van der Waals surface area contributed by atoms with E-state index in [1.54, 1.807) is 32.9 Å². The monoisotopic (exact) mass is 693 g/mol. The Morgan fingerprint density at radius 2 is 1.74 bits per heavy atom. The molecule has 0 aliphatic carbocycles. The van der Waals surface area contributed by atoms with E-state index in [1.165, 1.54) is 12.1 Å². The number of halogens is 2. The maximum Gasteiger partial charge on any atom is 0.332 e. The SMILES string of the molecule is CC(C)(C)OC(=O)C[C@@H](/C=N/NC(N)=O)NC(=O)CN1C(=O)[C@@H](NC(=O)c2cc(Cl)c(O)c(Cl)c2)CN(C(=O)CO)c2ccccc21. The van der Waals surface area contributed by atoms with E-state index in [2.05, 4.69) is 15.7 Å². The summed E-state index contributed by atoms with van der Waals surface area (Å²) < 4.78 is 5.30. The first-order valence-electron chi connectivity index (χ1n) is 13.9. The maximum absolute atomic E-state index is 14.0. The van der Waals surface area contributed by atoms with Gasteiger partial charge >= 0.3 is 12.0 Å². The third-order valence-corrected chi connectivity index (χ3v) is 6.87. The number of aliphatic hydroxyl groups is 1. The van der Waals surface area contributed by atoms with Gasteiger partial charge in [0.05, 0.1) is 40.4 Å². The minimum Gasteiger partial charge on any atom is -0.505 e. The number of carbonyl (C=O) groups excluding carboxylic acids is 6. The molecule has 0 saturated carbocycles. The lowest BCUT2D eigenvalue weighted by Gasteiger charge is -2.26. The number of para-hydroxylation sites is 2. The van der Waals surface area contributed by atoms with Crippen LogP contribution in [0.4, 0.5) is 16.2 Å². The highest BCUT2D eigenvalue weighted by Gasteiger charge is 2.38. The van der Waals surface area contributed by atoms with Crippen molar-refractivity contribution in [3.63, 3.8) is 0 Å². The number of carbonyl (C=O) groups is 6. The molecule has 2 aromatic rings. The highest BCUT2D eigenvalue weighted by atomic mass is 35.5. The number of fused-ring (bicyclic) bond motifs is 1. The van der Waals surface area contributed by atoms with Crippen molar-refractivity contribution in [2.75, 3.05) is 29.5 Å². The molecule has 18 heteroatoms. The number of nitrogens with one attached hydrogen (secondary N) is 3. The van der Waals surface area contributed by atoms with Gasteiger partial charge in [0, 0.05) is 11.8 Å². The third kappa shape index (κ3) is 10.0. The number of benzene rings is 2. The smallest absolute Gasteiger partial charge is 0.332 e. The van der Waals surface area contributed by atoms with Crippen LogP contribution in [0.1, 0.15) is 37.6 Å². The summed E-state index contributed by atoms with van der Waals surface area (Å²) in [5, 5.41) is 27.7. The molecule has 0 aromatic heterocycles. The van der Waals surface area contributed by atoms with Crippen LogP contribution in [0, 0.1) is 0 Å². The van der Waals surface area contributed by atoms with E-state index < -0.39 is 85.2 Å². The molecule has 16 nitrogen and oxygen atoms in total. The Morgan fingerprint density at radius 1 is 1.13 bits per heavy atom. The van der Waals surface area contributed by atoms with Gasteiger partial charge in [-0.1, -0.05) is 35.3 Å². The van der Waals surface area contributed by atoms with Gasteiger partial charge in [0.2, 0.25) is 5.91 Å². The minimum atomic E-state index is -1.47. The summed E-state index contributed by atoms with van der Waals surface area (Å²) in [5.74, 6) is -4.45. The van der Waals surface area contributed by atoms with E-state index in [0.717, 1.165) is 28.1 Å². The maximum atomic E-state index is 14.0. The molecular weight excluding hydrogens is 661 g/mol. The van der Waals surface area contributed by atoms with Crippen molar-refractivity contribution in [1.29, 1.82) is 0 Å². The van der Waals surface area contributed by atoms with Crippen molar-refractivity contribution < 1.29 is 43.7 Å². The number of urea groups is 1. The van der Waals surface area contributed by atoms with Crippen LogP contribution in [0.15, 0.2) is 41.5 Å². The lowest BCUT2D eigenvalue weighted by Crippen LogP contribution is -2.55. The fourth-order valence-corrected chi connectivity index (χ4v) is 4.89. The van der Waals surface area contributed by atoms with E-state index in [-0.39, 0.29) is 27.0 Å². The number of esters is 1. The number of nitrogens with zero attached hydrogens (tertiary/aromatic N) is 3. The first-order chi connectivity index (χ1) is 22.0. The fourth-order valence-electron chi connectivity index (χ4n) is 4.41. The standard InChI is InChI=1S/C29H33Cl2N7O9/c1-29(2,3)47-24(42)10-16(11-33-36-28(32)46)34-22(40)13-38-21-7-5-4-6-20(21)37(23(41)14-39)12-19(27(38)45)35-26(44)15-8-17(30)25(43)18(31)9-15/h4-9,11,16,19,39,43H,10,12-14H2,1-3H3,(H,34,40)(H,35,44)(H3,32,36,46)/b33-11+/t16-,19-/m0/s1. The van der Waals surface area contributed by atoms with E-state index in [1.807, 2.05) is 5.43 Å². The zero-order valence-corrected chi connectivity index (χ0v) is 27.0. The molecule has 0 bridgehead atoms. The van der Waals surface area contributed by atoms with E-state index in [0.29, 0.717) is 0 Å². The number of anilines is 2. The zero-order valence-electron chi connectivity index (χ0n) is 25.5. The van der Waals surface area contributed by atoms with Crippen LogP contribution in [-0.4, -0.2) is 89.4 Å². The third-order valence-electron chi connectivity index (χ3n) is 6.30. The normalized spacial score (nSPS) is 15.4. The number of primary amides is 1. The van der Waals surface area contributed by atoms with E-state index in [9.17, 15) is 39.0 Å². The molecule has 7 N–H and O–H groups in total. The average molecular weight is 695 g/mol. The Morgan fingerprint density at radius 3 is 2.32 bits per heavy atom. The molecule has 1 aliphatic heterocycles. The highest BCUT2D eigenvalue weighted by molar-refractivity contribution is 6.37. The molecule has 0 saturated heterocycles. The van der Waals surface area contributed by atoms with Crippen LogP contribution in [0.5, 0.6) is 5.75 Å². The Bertz CT molecular complexity index is 1570. The van der Waals surface area contributed by atoms with Crippen molar-refractivity contribution in [2.24, 2.45) is 10.8 Å². The Hall–Kier alpha value is -4.93. The second kappa shape index (κ2) is 15.6. The molecule has 1 aliphatic rings. The van der Waals surface area contributed by atoms with Crippen molar-refractivity contribution in [3.05, 3.63) is 52.0 Å². The Labute approximate surface area is 278 Å². The van der Waals surface area contributed by atoms with Gasteiger partial charge in [-0.15, -0.1) is 0 Å². The van der Waals surface area contributed by atoms with Crippen LogP contribution in [0.2, 0.25) is 10.0 Å². The van der Waals surface area contributed by atoms with Crippen molar-refractivity contribution >= 4 is 76.4 Å². The molecule has 0 spiro atoms. The second-order valence-corrected chi connectivity index (χ2v) is 11.9. The topological polar surface area (TPSA) is 233 Å². The number of ether oxygens (including phenoxy) is 1. The predicted molar refractivity (Wildman–Crippen MR) is 171 cm³/mol. The number of hydrogen-bond donors (Lipinski definition) is 6. The van der Waals surface area contributed by atoms with Crippen LogP contribution < -0.4 is 31.6 Å². The summed E-state index contributed by atoms with van der Waals surface area (Å²) in [7, 11) is 0.